The van der Waals surface area contributed by atoms with Crippen molar-refractivity contribution >= 4 is 0 Å². The first-order valence-corrected chi connectivity index (χ1v) is 7.50. The van der Waals surface area contributed by atoms with E-state index in [9.17, 15) is 5.26 Å². The lowest BCUT2D eigenvalue weighted by molar-refractivity contribution is 0.0835. The smallest absolute Gasteiger partial charge is 0.110 e. The van der Waals surface area contributed by atoms with Crippen LogP contribution in [-0.2, 0) is 12.8 Å². The molecule has 1 aliphatic heterocycles. The Morgan fingerprint density at radius 3 is 2.15 bits per heavy atom. The molecule has 1 aliphatic rings. The van der Waals surface area contributed by atoms with Crippen molar-refractivity contribution in [3.05, 3.63) is 35.4 Å². The number of hydrogen-bond donors (Lipinski definition) is 0. The third-order valence-corrected chi connectivity index (χ3v) is 4.42. The lowest BCUT2D eigenvalue weighted by atomic mass is 9.91. The van der Waals surface area contributed by atoms with Crippen LogP contribution >= 0.6 is 0 Å². The maximum atomic E-state index is 9.66. The van der Waals surface area contributed by atoms with E-state index in [2.05, 4.69) is 61.0 Å². The summed E-state index contributed by atoms with van der Waals surface area (Å²) in [7, 11) is 2.14. The molecule has 3 nitrogen and oxygen atoms in total. The molecule has 0 N–H and O–H groups in total. The molecule has 0 saturated carbocycles. The van der Waals surface area contributed by atoms with E-state index in [0.29, 0.717) is 0 Å². The Labute approximate surface area is 122 Å². The van der Waals surface area contributed by atoms with Crippen LogP contribution in [0, 0.1) is 11.3 Å². The second-order valence-electron chi connectivity index (χ2n) is 6.02. The molecule has 0 bridgehead atoms. The lowest BCUT2D eigenvalue weighted by Gasteiger charge is -2.41. The zero-order chi connectivity index (χ0) is 14.6. The molecule has 1 heterocycles. The van der Waals surface area contributed by atoms with Gasteiger partial charge < -0.3 is 4.90 Å². The molecule has 0 spiro atoms. The van der Waals surface area contributed by atoms with Gasteiger partial charge in [0.15, 0.2) is 0 Å². The summed E-state index contributed by atoms with van der Waals surface area (Å²) in [6.07, 6.45) is 1.87. The Bertz CT molecular complexity index is 466. The minimum absolute atomic E-state index is 0.394. The van der Waals surface area contributed by atoms with Gasteiger partial charge in [-0.25, -0.2) is 0 Å². The normalized spacial score (nSPS) is 20.3. The monoisotopic (exact) mass is 271 g/mol. The quantitative estimate of drug-likeness (QED) is 0.842. The van der Waals surface area contributed by atoms with Gasteiger partial charge >= 0.3 is 0 Å². The second kappa shape index (κ2) is 6.39. The van der Waals surface area contributed by atoms with Crippen LogP contribution in [0.5, 0.6) is 0 Å². The molecule has 0 aliphatic carbocycles. The number of piperazine rings is 1. The Balaban J connectivity index is 2.08. The van der Waals surface area contributed by atoms with Crippen molar-refractivity contribution in [2.75, 3.05) is 33.2 Å². The van der Waals surface area contributed by atoms with Gasteiger partial charge in [-0.3, -0.25) is 4.90 Å². The summed E-state index contributed by atoms with van der Waals surface area (Å²) >= 11 is 0. The van der Waals surface area contributed by atoms with Gasteiger partial charge in [0, 0.05) is 32.6 Å². The van der Waals surface area contributed by atoms with Crippen molar-refractivity contribution < 1.29 is 0 Å². The highest BCUT2D eigenvalue weighted by atomic mass is 15.3. The maximum absolute atomic E-state index is 9.66. The van der Waals surface area contributed by atoms with Crippen molar-refractivity contribution in [1.29, 1.82) is 5.26 Å². The molecule has 0 amide bonds. The zero-order valence-corrected chi connectivity index (χ0v) is 12.9. The summed E-state index contributed by atoms with van der Waals surface area (Å²) in [5, 5.41) is 9.66. The van der Waals surface area contributed by atoms with Crippen LogP contribution in [0.25, 0.3) is 0 Å². The highest BCUT2D eigenvalue weighted by Gasteiger charge is 2.33. The van der Waals surface area contributed by atoms with Crippen LogP contribution in [0.3, 0.4) is 0 Å². The molecule has 1 aromatic rings. The molecule has 1 unspecified atom stereocenters. The molecule has 0 aromatic heterocycles. The molecule has 3 heteroatoms. The molecular formula is C17H25N3. The van der Waals surface area contributed by atoms with Crippen LogP contribution in [0.2, 0.25) is 0 Å². The molecule has 1 fully saturated rings. The first-order chi connectivity index (χ1) is 9.57. The number of rotatable bonds is 4. The Kier molecular flexibility index (Phi) is 4.80. The summed E-state index contributed by atoms with van der Waals surface area (Å²) in [4.78, 5) is 4.66. The van der Waals surface area contributed by atoms with Crippen molar-refractivity contribution in [3.8, 4) is 6.07 Å². The van der Waals surface area contributed by atoms with Crippen LogP contribution in [-0.4, -0.2) is 48.6 Å². The summed E-state index contributed by atoms with van der Waals surface area (Å²) in [5.74, 6) is 0. The number of nitriles is 1. The SMILES string of the molecule is CCc1ccc(CC(C)(C#N)N2CCN(C)CC2)cc1. The average molecular weight is 271 g/mol. The third kappa shape index (κ3) is 3.39. The molecule has 1 aromatic carbocycles. The maximum Gasteiger partial charge on any atom is 0.110 e. The number of benzene rings is 1. The van der Waals surface area contributed by atoms with Gasteiger partial charge in [0.25, 0.3) is 0 Å². The fraction of sp³-hybridized carbons (Fsp3) is 0.588. The Morgan fingerprint density at radius 2 is 1.65 bits per heavy atom. The minimum Gasteiger partial charge on any atom is -0.304 e. The number of likely N-dealkylation sites (N-methyl/N-ethyl adjacent to an activating group) is 1. The van der Waals surface area contributed by atoms with Gasteiger partial charge in [0.1, 0.15) is 5.54 Å². The topological polar surface area (TPSA) is 30.3 Å². The van der Waals surface area contributed by atoms with Crippen molar-refractivity contribution in [3.63, 3.8) is 0 Å². The lowest BCUT2D eigenvalue weighted by Crippen LogP contribution is -2.55. The van der Waals surface area contributed by atoms with E-state index in [4.69, 9.17) is 0 Å². The first kappa shape index (κ1) is 15.0. The fourth-order valence-electron chi connectivity index (χ4n) is 2.81. The molecule has 1 saturated heterocycles. The van der Waals surface area contributed by atoms with E-state index >= 15 is 0 Å². The van der Waals surface area contributed by atoms with Crippen LogP contribution in [0.4, 0.5) is 0 Å². The molecule has 1 atom stereocenters. The number of hydrogen-bond acceptors (Lipinski definition) is 3. The molecule has 2 rings (SSSR count). The van der Waals surface area contributed by atoms with Crippen molar-refractivity contribution in [2.24, 2.45) is 0 Å². The summed E-state index contributed by atoms with van der Waals surface area (Å²) in [5.41, 5.74) is 2.21. The number of aryl methyl sites for hydroxylation is 1. The average Bonchev–Trinajstić information content (AvgIpc) is 2.48. The van der Waals surface area contributed by atoms with Crippen LogP contribution < -0.4 is 0 Å². The van der Waals surface area contributed by atoms with Gasteiger partial charge in [0.05, 0.1) is 6.07 Å². The van der Waals surface area contributed by atoms with E-state index in [-0.39, 0.29) is 0 Å². The second-order valence-corrected chi connectivity index (χ2v) is 6.02. The molecule has 20 heavy (non-hydrogen) atoms. The van der Waals surface area contributed by atoms with Gasteiger partial charge in [-0.1, -0.05) is 31.2 Å². The zero-order valence-electron chi connectivity index (χ0n) is 12.9. The fourth-order valence-corrected chi connectivity index (χ4v) is 2.81. The molecular weight excluding hydrogens is 246 g/mol. The summed E-state index contributed by atoms with van der Waals surface area (Å²) in [6, 6.07) is 11.2. The van der Waals surface area contributed by atoms with E-state index in [1.807, 2.05) is 0 Å². The predicted molar refractivity (Wildman–Crippen MR) is 82.6 cm³/mol. The van der Waals surface area contributed by atoms with Gasteiger partial charge in [-0.15, -0.1) is 0 Å². The summed E-state index contributed by atoms with van der Waals surface area (Å²) in [6.45, 7) is 8.30. The van der Waals surface area contributed by atoms with E-state index in [0.717, 1.165) is 39.0 Å². The van der Waals surface area contributed by atoms with E-state index < -0.39 is 5.54 Å². The van der Waals surface area contributed by atoms with Crippen LogP contribution in [0.1, 0.15) is 25.0 Å². The largest absolute Gasteiger partial charge is 0.304 e. The summed E-state index contributed by atoms with van der Waals surface area (Å²) < 4.78 is 0. The molecule has 108 valence electrons. The van der Waals surface area contributed by atoms with Crippen molar-refractivity contribution in [1.82, 2.24) is 9.80 Å². The number of nitrogens with zero attached hydrogens (tertiary/aromatic N) is 3. The first-order valence-electron chi connectivity index (χ1n) is 7.50. The third-order valence-electron chi connectivity index (χ3n) is 4.42. The minimum atomic E-state index is -0.394. The van der Waals surface area contributed by atoms with E-state index in [1.165, 1.54) is 11.1 Å². The van der Waals surface area contributed by atoms with Gasteiger partial charge in [-0.2, -0.15) is 5.26 Å². The van der Waals surface area contributed by atoms with Gasteiger partial charge in [-0.05, 0) is 31.5 Å². The standard InChI is InChI=1S/C17H25N3/c1-4-15-5-7-16(8-6-15)13-17(2,14-18)20-11-9-19(3)10-12-20/h5-8H,4,9-13H2,1-3H3. The highest BCUT2D eigenvalue weighted by molar-refractivity contribution is 5.26. The van der Waals surface area contributed by atoms with Crippen LogP contribution in [0.15, 0.2) is 24.3 Å². The van der Waals surface area contributed by atoms with Gasteiger partial charge in [0.2, 0.25) is 0 Å². The van der Waals surface area contributed by atoms with Crippen molar-refractivity contribution in [2.45, 2.75) is 32.2 Å². The van der Waals surface area contributed by atoms with E-state index in [1.54, 1.807) is 0 Å². The predicted octanol–water partition coefficient (Wildman–Crippen LogP) is 2.32. The highest BCUT2D eigenvalue weighted by Crippen LogP contribution is 2.22. The Morgan fingerprint density at radius 1 is 1.10 bits per heavy atom. The molecule has 0 radical (unpaired) electrons. The Hall–Kier alpha value is -1.37.